The number of halogens is 1. The second-order valence-electron chi connectivity index (χ2n) is 6.87. The van der Waals surface area contributed by atoms with Crippen LogP contribution in [0.2, 0.25) is 5.02 Å². The first-order valence-corrected chi connectivity index (χ1v) is 8.89. The second-order valence-corrected chi connectivity index (χ2v) is 7.28. The van der Waals surface area contributed by atoms with Crippen LogP contribution < -0.4 is 0 Å². The number of carbonyl (C=O) groups is 1. The Labute approximate surface area is 151 Å². The van der Waals surface area contributed by atoms with E-state index < -0.39 is 0 Å². The Balaban J connectivity index is 1.66. The van der Waals surface area contributed by atoms with Gasteiger partial charge in [-0.2, -0.15) is 4.98 Å². The molecule has 4 rings (SSSR count). The summed E-state index contributed by atoms with van der Waals surface area (Å²) in [7, 11) is 0. The van der Waals surface area contributed by atoms with Crippen molar-refractivity contribution in [2.24, 2.45) is 5.41 Å². The maximum Gasteiger partial charge on any atom is 0.255 e. The molecule has 2 aliphatic rings. The van der Waals surface area contributed by atoms with Gasteiger partial charge in [-0.1, -0.05) is 28.9 Å². The van der Waals surface area contributed by atoms with Gasteiger partial charge in [-0.3, -0.25) is 4.79 Å². The summed E-state index contributed by atoms with van der Waals surface area (Å²) in [6.07, 6.45) is 1.76. The lowest BCUT2D eigenvalue weighted by molar-refractivity contribution is 0.00836. The van der Waals surface area contributed by atoms with Crippen molar-refractivity contribution >= 4 is 17.5 Å². The van der Waals surface area contributed by atoms with Crippen molar-refractivity contribution in [2.45, 2.75) is 25.7 Å². The average Bonchev–Trinajstić information content (AvgIpc) is 3.19. The minimum absolute atomic E-state index is 0.0315. The van der Waals surface area contributed by atoms with Crippen LogP contribution in [0.15, 0.2) is 28.8 Å². The summed E-state index contributed by atoms with van der Waals surface area (Å²) in [5.41, 5.74) is 0.461. The van der Waals surface area contributed by atoms with Crippen LogP contribution in [0.3, 0.4) is 0 Å². The molecule has 0 bridgehead atoms. The molecule has 0 radical (unpaired) electrons. The first-order valence-electron chi connectivity index (χ1n) is 8.51. The third kappa shape index (κ3) is 2.93. The Hall–Kier alpha value is -1.92. The molecule has 3 heterocycles. The number of carbonyl (C=O) groups excluding carboxylic acids is 1. The zero-order chi connectivity index (χ0) is 17.4. The molecule has 6 nitrogen and oxygen atoms in total. The predicted molar refractivity (Wildman–Crippen MR) is 91.6 cm³/mol. The molecule has 2 saturated heterocycles. The van der Waals surface area contributed by atoms with E-state index in [-0.39, 0.29) is 17.2 Å². The number of hydrogen-bond donors (Lipinski definition) is 0. The monoisotopic (exact) mass is 361 g/mol. The maximum atomic E-state index is 13.0. The molecule has 1 spiro atoms. The van der Waals surface area contributed by atoms with E-state index in [0.29, 0.717) is 48.6 Å². The molecule has 2 aliphatic heterocycles. The van der Waals surface area contributed by atoms with Crippen LogP contribution in [0.5, 0.6) is 0 Å². The van der Waals surface area contributed by atoms with Crippen molar-refractivity contribution in [3.63, 3.8) is 0 Å². The smallest absolute Gasteiger partial charge is 0.255 e. The van der Waals surface area contributed by atoms with E-state index in [1.165, 1.54) is 0 Å². The zero-order valence-corrected chi connectivity index (χ0v) is 14.8. The van der Waals surface area contributed by atoms with E-state index in [2.05, 4.69) is 10.1 Å². The first kappa shape index (κ1) is 16.5. The van der Waals surface area contributed by atoms with E-state index in [1.54, 1.807) is 12.1 Å². The van der Waals surface area contributed by atoms with E-state index in [0.717, 1.165) is 12.8 Å². The number of nitrogens with zero attached hydrogens (tertiary/aromatic N) is 3. The summed E-state index contributed by atoms with van der Waals surface area (Å²) in [4.78, 5) is 19.3. The lowest BCUT2D eigenvalue weighted by atomic mass is 9.72. The third-order valence-corrected chi connectivity index (χ3v) is 5.70. The molecule has 0 N–H and O–H groups in total. The fourth-order valence-corrected chi connectivity index (χ4v) is 4.22. The highest BCUT2D eigenvalue weighted by Crippen LogP contribution is 2.49. The molecule has 0 saturated carbocycles. The van der Waals surface area contributed by atoms with Gasteiger partial charge in [0.05, 0.1) is 16.5 Å². The predicted octanol–water partition coefficient (Wildman–Crippen LogP) is 3.07. The molecule has 1 aromatic heterocycles. The van der Waals surface area contributed by atoms with Gasteiger partial charge in [0.25, 0.3) is 5.91 Å². The van der Waals surface area contributed by atoms with Crippen molar-refractivity contribution in [3.8, 4) is 0 Å². The first-order chi connectivity index (χ1) is 12.1. The van der Waals surface area contributed by atoms with Gasteiger partial charge in [0.1, 0.15) is 0 Å². The van der Waals surface area contributed by atoms with Crippen LogP contribution in [0.25, 0.3) is 0 Å². The topological polar surface area (TPSA) is 68.5 Å². The highest BCUT2D eigenvalue weighted by atomic mass is 35.5. The van der Waals surface area contributed by atoms with Crippen molar-refractivity contribution in [1.29, 1.82) is 0 Å². The standard InChI is InChI=1S/C18H20ClN3O3/c1-12-20-16(25-21-12)14-10-22(11-18(14)6-8-24-9-7-18)17(23)13-4-2-3-5-15(13)19/h2-5,14H,6-11H2,1H3/t14-/m0/s1. The summed E-state index contributed by atoms with van der Waals surface area (Å²) >= 11 is 6.22. The van der Waals surface area contributed by atoms with E-state index in [4.69, 9.17) is 20.9 Å². The molecule has 7 heteroatoms. The highest BCUT2D eigenvalue weighted by Gasteiger charge is 2.51. The molecule has 25 heavy (non-hydrogen) atoms. The van der Waals surface area contributed by atoms with Gasteiger partial charge in [-0.15, -0.1) is 0 Å². The van der Waals surface area contributed by atoms with Crippen LogP contribution in [-0.2, 0) is 4.74 Å². The summed E-state index contributed by atoms with van der Waals surface area (Å²) in [6, 6.07) is 7.17. The molecular formula is C18H20ClN3O3. The van der Waals surface area contributed by atoms with Crippen LogP contribution in [-0.4, -0.2) is 47.3 Å². The number of amides is 1. The van der Waals surface area contributed by atoms with E-state index in [1.807, 2.05) is 24.0 Å². The lowest BCUT2D eigenvalue weighted by Crippen LogP contribution is -2.37. The SMILES string of the molecule is Cc1noc([C@@H]2CN(C(=O)c3ccccc3Cl)CC23CCOCC3)n1. The molecule has 2 aromatic rings. The lowest BCUT2D eigenvalue weighted by Gasteiger charge is -2.36. The van der Waals surface area contributed by atoms with Crippen molar-refractivity contribution in [2.75, 3.05) is 26.3 Å². The van der Waals surface area contributed by atoms with Gasteiger partial charge in [0.15, 0.2) is 5.82 Å². The molecule has 1 atom stereocenters. The molecule has 0 aliphatic carbocycles. The summed E-state index contributed by atoms with van der Waals surface area (Å²) < 4.78 is 11.0. The molecule has 1 amide bonds. The van der Waals surface area contributed by atoms with Crippen LogP contribution in [0.4, 0.5) is 0 Å². The Bertz CT molecular complexity index is 785. The molecule has 132 valence electrons. The van der Waals surface area contributed by atoms with Crippen LogP contribution >= 0.6 is 11.6 Å². The van der Waals surface area contributed by atoms with Crippen molar-refractivity contribution in [1.82, 2.24) is 15.0 Å². The summed E-state index contributed by atoms with van der Waals surface area (Å²) in [5, 5.41) is 4.42. The zero-order valence-electron chi connectivity index (χ0n) is 14.1. The Morgan fingerprint density at radius 1 is 1.32 bits per heavy atom. The largest absolute Gasteiger partial charge is 0.381 e. The van der Waals surface area contributed by atoms with Gasteiger partial charge in [-0.05, 0) is 31.9 Å². The third-order valence-electron chi connectivity index (χ3n) is 5.37. The number of aromatic nitrogens is 2. The van der Waals surface area contributed by atoms with Crippen LogP contribution in [0.1, 0.15) is 40.8 Å². The van der Waals surface area contributed by atoms with Crippen molar-refractivity contribution in [3.05, 3.63) is 46.6 Å². The van der Waals surface area contributed by atoms with Crippen LogP contribution in [0, 0.1) is 12.3 Å². The number of aryl methyl sites for hydroxylation is 1. The quantitative estimate of drug-likeness (QED) is 0.822. The normalized spacial score (nSPS) is 22.5. The average molecular weight is 362 g/mol. The van der Waals surface area contributed by atoms with Crippen molar-refractivity contribution < 1.29 is 14.1 Å². The number of hydrogen-bond acceptors (Lipinski definition) is 5. The Kier molecular flexibility index (Phi) is 4.25. The fraction of sp³-hybridized carbons (Fsp3) is 0.500. The Morgan fingerprint density at radius 3 is 2.76 bits per heavy atom. The summed E-state index contributed by atoms with van der Waals surface area (Å²) in [6.45, 7) is 4.42. The molecular weight excluding hydrogens is 342 g/mol. The number of rotatable bonds is 2. The van der Waals surface area contributed by atoms with Gasteiger partial charge < -0.3 is 14.2 Å². The molecule has 2 fully saturated rings. The van der Waals surface area contributed by atoms with Gasteiger partial charge >= 0.3 is 0 Å². The highest BCUT2D eigenvalue weighted by molar-refractivity contribution is 6.33. The molecule has 0 unspecified atom stereocenters. The van der Waals surface area contributed by atoms with Gasteiger partial charge in [0.2, 0.25) is 5.89 Å². The fourth-order valence-electron chi connectivity index (χ4n) is 4.01. The van der Waals surface area contributed by atoms with Gasteiger partial charge in [0, 0.05) is 31.7 Å². The molecule has 1 aromatic carbocycles. The maximum absolute atomic E-state index is 13.0. The minimum atomic E-state index is -0.0753. The Morgan fingerprint density at radius 2 is 2.08 bits per heavy atom. The van der Waals surface area contributed by atoms with E-state index in [9.17, 15) is 4.79 Å². The summed E-state index contributed by atoms with van der Waals surface area (Å²) in [5.74, 6) is 1.22. The number of ether oxygens (including phenoxy) is 1. The second kappa shape index (κ2) is 6.42. The number of likely N-dealkylation sites (tertiary alicyclic amines) is 1. The van der Waals surface area contributed by atoms with E-state index >= 15 is 0 Å². The minimum Gasteiger partial charge on any atom is -0.381 e. The number of benzene rings is 1. The van der Waals surface area contributed by atoms with Gasteiger partial charge in [-0.25, -0.2) is 0 Å².